The van der Waals surface area contributed by atoms with E-state index in [4.69, 9.17) is 22.3 Å². The maximum absolute atomic E-state index is 11.1. The summed E-state index contributed by atoms with van der Waals surface area (Å²) in [7, 11) is 0. The Hall–Kier alpha value is -1.61. The number of aliphatic imine (C=N–C) groups is 2. The van der Waals surface area contributed by atoms with Crippen LogP contribution in [-0.2, 0) is 0 Å². The average Bonchev–Trinajstić information content (AvgIpc) is 2.20. The molecule has 9 heteroatoms. The second-order valence-corrected chi connectivity index (χ2v) is 4.87. The molecule has 0 unspecified atom stereocenters. The van der Waals surface area contributed by atoms with Crippen LogP contribution in [0.1, 0.15) is 10.4 Å². The van der Waals surface area contributed by atoms with Gasteiger partial charge in [0.1, 0.15) is 0 Å². The van der Waals surface area contributed by atoms with E-state index < -0.39 is 5.97 Å². The second kappa shape index (κ2) is 5.83. The first-order chi connectivity index (χ1) is 8.31. The molecule has 1 aromatic carbocycles. The Balaban J connectivity index is 3.40. The summed E-state index contributed by atoms with van der Waals surface area (Å²) in [5.74, 6) is -1.64. The van der Waals surface area contributed by atoms with Crippen LogP contribution in [0.4, 0.5) is 5.69 Å². The summed E-state index contributed by atoms with van der Waals surface area (Å²) >= 11 is 6.38. The Morgan fingerprint density at radius 3 is 2.33 bits per heavy atom. The lowest BCUT2D eigenvalue weighted by Crippen LogP contribution is -2.26. The van der Waals surface area contributed by atoms with E-state index in [0.717, 1.165) is 0 Å². The number of carboxylic acid groups (broad SMARTS) is 1. The predicted molar refractivity (Wildman–Crippen MR) is 75.9 cm³/mol. The number of guanidine groups is 2. The van der Waals surface area contributed by atoms with Crippen molar-refractivity contribution < 1.29 is 9.90 Å². The second-order valence-electron chi connectivity index (χ2n) is 3.10. The van der Waals surface area contributed by atoms with Crippen LogP contribution in [0.15, 0.2) is 31.1 Å². The lowest BCUT2D eigenvalue weighted by atomic mass is 10.2. The molecule has 0 heterocycles. The highest BCUT2D eigenvalue weighted by molar-refractivity contribution is 9.11. The maximum Gasteiger partial charge on any atom is 0.337 e. The number of hydrogen-bond donors (Lipinski definition) is 4. The van der Waals surface area contributed by atoms with Gasteiger partial charge >= 0.3 is 5.97 Å². The molecule has 7 N–H and O–H groups in total. The summed E-state index contributed by atoms with van der Waals surface area (Å²) in [4.78, 5) is 18.5. The smallest absolute Gasteiger partial charge is 0.337 e. The van der Waals surface area contributed by atoms with Gasteiger partial charge in [0.15, 0.2) is 5.96 Å². The van der Waals surface area contributed by atoms with Crippen molar-refractivity contribution in [2.24, 2.45) is 27.2 Å². The van der Waals surface area contributed by atoms with Crippen LogP contribution in [0.5, 0.6) is 0 Å². The van der Waals surface area contributed by atoms with Gasteiger partial charge in [0.2, 0.25) is 5.96 Å². The van der Waals surface area contributed by atoms with E-state index in [2.05, 4.69) is 41.8 Å². The zero-order valence-corrected chi connectivity index (χ0v) is 12.1. The summed E-state index contributed by atoms with van der Waals surface area (Å²) in [5, 5.41) is 9.07. The topological polar surface area (TPSA) is 140 Å². The zero-order valence-electron chi connectivity index (χ0n) is 8.89. The fraction of sp³-hybridized carbons (Fsp3) is 0. The molecule has 0 bridgehead atoms. The molecule has 0 aliphatic heterocycles. The van der Waals surface area contributed by atoms with Crippen LogP contribution in [0.3, 0.4) is 0 Å². The van der Waals surface area contributed by atoms with Gasteiger partial charge in [-0.15, -0.1) is 0 Å². The van der Waals surface area contributed by atoms with Crippen LogP contribution >= 0.6 is 31.9 Å². The molecule has 1 aromatic rings. The molecule has 18 heavy (non-hydrogen) atoms. The third-order valence-corrected chi connectivity index (χ3v) is 2.79. The number of rotatable bonds is 2. The molecular weight excluding hydrogens is 370 g/mol. The van der Waals surface area contributed by atoms with Crippen LogP contribution in [0.25, 0.3) is 0 Å². The number of nitrogens with two attached hydrogens (primary N) is 3. The van der Waals surface area contributed by atoms with Gasteiger partial charge in [-0.25, -0.2) is 9.79 Å². The van der Waals surface area contributed by atoms with Crippen LogP contribution in [-0.4, -0.2) is 23.0 Å². The Morgan fingerprint density at radius 2 is 1.83 bits per heavy atom. The lowest BCUT2D eigenvalue weighted by molar-refractivity contribution is 0.0697. The maximum atomic E-state index is 11.1. The fourth-order valence-electron chi connectivity index (χ4n) is 1.11. The standard InChI is InChI=1S/C9H9Br2N5O2/c10-3-1-4(7(17)18)6(5(11)2-3)15-9(14)16-8(12)13/h1-2H,(H,17,18)(H6,12,13,14,15,16). The zero-order chi connectivity index (χ0) is 13.9. The van der Waals surface area contributed by atoms with Gasteiger partial charge in [-0.05, 0) is 28.1 Å². The van der Waals surface area contributed by atoms with E-state index >= 15 is 0 Å². The number of halogens is 2. The van der Waals surface area contributed by atoms with Crippen molar-refractivity contribution in [2.75, 3.05) is 0 Å². The van der Waals surface area contributed by atoms with Crippen LogP contribution in [0.2, 0.25) is 0 Å². The van der Waals surface area contributed by atoms with Gasteiger partial charge < -0.3 is 22.3 Å². The summed E-state index contributed by atoms with van der Waals surface area (Å²) in [5.41, 5.74) is 15.8. The molecule has 0 radical (unpaired) electrons. The van der Waals surface area contributed by atoms with E-state index in [9.17, 15) is 4.79 Å². The molecule has 0 spiro atoms. The Kier molecular flexibility index (Phi) is 4.68. The van der Waals surface area contributed by atoms with Crippen molar-refractivity contribution >= 4 is 55.4 Å². The molecule has 0 saturated carbocycles. The highest BCUT2D eigenvalue weighted by atomic mass is 79.9. The van der Waals surface area contributed by atoms with Crippen LogP contribution < -0.4 is 17.2 Å². The van der Waals surface area contributed by atoms with Gasteiger partial charge in [0, 0.05) is 8.95 Å². The minimum atomic E-state index is -1.15. The first-order valence-electron chi connectivity index (χ1n) is 4.47. The lowest BCUT2D eigenvalue weighted by Gasteiger charge is -2.05. The summed E-state index contributed by atoms with van der Waals surface area (Å²) in [6, 6.07) is 3.03. The fourth-order valence-corrected chi connectivity index (χ4v) is 2.43. The van der Waals surface area contributed by atoms with Crippen molar-refractivity contribution in [3.63, 3.8) is 0 Å². The van der Waals surface area contributed by atoms with E-state index in [-0.39, 0.29) is 23.2 Å². The molecule has 0 aromatic heterocycles. The van der Waals surface area contributed by atoms with Gasteiger partial charge in [-0.1, -0.05) is 15.9 Å². The SMILES string of the molecule is NC(N)=NC(N)=Nc1c(Br)cc(Br)cc1C(=O)O. The summed E-state index contributed by atoms with van der Waals surface area (Å²) in [6.07, 6.45) is 0. The van der Waals surface area contributed by atoms with E-state index in [1.807, 2.05) is 0 Å². The molecule has 0 saturated heterocycles. The monoisotopic (exact) mass is 377 g/mol. The van der Waals surface area contributed by atoms with Crippen molar-refractivity contribution in [1.82, 2.24) is 0 Å². The Bertz CT molecular complexity index is 552. The first kappa shape index (κ1) is 14.5. The number of nitrogens with zero attached hydrogens (tertiary/aromatic N) is 2. The first-order valence-corrected chi connectivity index (χ1v) is 6.06. The molecular formula is C9H9Br2N5O2. The molecule has 0 atom stereocenters. The van der Waals surface area contributed by atoms with Crippen molar-refractivity contribution in [2.45, 2.75) is 0 Å². The quantitative estimate of drug-likeness (QED) is 0.451. The van der Waals surface area contributed by atoms with Crippen molar-refractivity contribution in [1.29, 1.82) is 0 Å². The molecule has 96 valence electrons. The van der Waals surface area contributed by atoms with E-state index in [0.29, 0.717) is 8.95 Å². The van der Waals surface area contributed by atoms with Crippen molar-refractivity contribution in [3.8, 4) is 0 Å². The normalized spacial score (nSPS) is 11.1. The molecule has 1 rings (SSSR count). The minimum Gasteiger partial charge on any atom is -0.478 e. The number of benzene rings is 1. The third-order valence-electron chi connectivity index (χ3n) is 1.73. The van der Waals surface area contributed by atoms with Gasteiger partial charge in [-0.2, -0.15) is 4.99 Å². The molecule has 7 nitrogen and oxygen atoms in total. The highest BCUT2D eigenvalue weighted by Crippen LogP contribution is 2.33. The number of carboxylic acids is 1. The van der Waals surface area contributed by atoms with Gasteiger partial charge in [0.05, 0.1) is 11.3 Å². The summed E-state index contributed by atoms with van der Waals surface area (Å²) in [6.45, 7) is 0. The molecule has 0 fully saturated rings. The third kappa shape index (κ3) is 3.70. The number of carbonyl (C=O) groups is 1. The molecule has 0 aliphatic carbocycles. The van der Waals surface area contributed by atoms with Gasteiger partial charge in [0.25, 0.3) is 0 Å². The Labute approximate surface area is 119 Å². The molecule has 0 amide bonds. The van der Waals surface area contributed by atoms with Crippen molar-refractivity contribution in [3.05, 3.63) is 26.6 Å². The number of hydrogen-bond acceptors (Lipinski definition) is 2. The van der Waals surface area contributed by atoms with Crippen LogP contribution in [0, 0.1) is 0 Å². The van der Waals surface area contributed by atoms with Gasteiger partial charge in [-0.3, -0.25) is 0 Å². The highest BCUT2D eigenvalue weighted by Gasteiger charge is 2.14. The van der Waals surface area contributed by atoms with E-state index in [1.165, 1.54) is 6.07 Å². The Morgan fingerprint density at radius 1 is 1.22 bits per heavy atom. The summed E-state index contributed by atoms with van der Waals surface area (Å²) < 4.78 is 1.04. The predicted octanol–water partition coefficient (Wildman–Crippen LogP) is 1.13. The average molecular weight is 379 g/mol. The molecule has 0 aliphatic rings. The number of aromatic carboxylic acids is 1. The largest absolute Gasteiger partial charge is 0.478 e. The minimum absolute atomic E-state index is 0.0370. The van der Waals surface area contributed by atoms with E-state index in [1.54, 1.807) is 6.07 Å².